The Morgan fingerprint density at radius 3 is 2.60 bits per heavy atom. The van der Waals surface area contributed by atoms with E-state index in [4.69, 9.17) is 0 Å². The number of ketones is 1. The van der Waals surface area contributed by atoms with Crippen LogP contribution in [-0.4, -0.2) is 15.8 Å². The molecule has 0 bridgehead atoms. The number of carbonyl (C=O) groups excluding carboxylic acids is 1. The third-order valence-electron chi connectivity index (χ3n) is 3.82. The van der Waals surface area contributed by atoms with Gasteiger partial charge in [0.25, 0.3) is 0 Å². The first-order chi connectivity index (χ1) is 11.9. The molecule has 0 aliphatic heterocycles. The van der Waals surface area contributed by atoms with Gasteiger partial charge >= 0.3 is 6.18 Å². The number of halogens is 3. The van der Waals surface area contributed by atoms with Gasteiger partial charge in [-0.1, -0.05) is 18.2 Å². The van der Waals surface area contributed by atoms with E-state index in [9.17, 15) is 18.0 Å². The number of alkyl halides is 3. The van der Waals surface area contributed by atoms with Crippen molar-refractivity contribution < 1.29 is 18.0 Å². The van der Waals surface area contributed by atoms with Crippen molar-refractivity contribution in [2.45, 2.75) is 13.1 Å². The molecular formula is C17H9F3N2OS2. The van der Waals surface area contributed by atoms with Crippen molar-refractivity contribution in [3.8, 4) is 0 Å². The van der Waals surface area contributed by atoms with E-state index in [1.165, 1.54) is 17.4 Å². The molecule has 0 unspecified atom stereocenters. The number of carbonyl (C=O) groups is 1. The summed E-state index contributed by atoms with van der Waals surface area (Å²) in [6.45, 7) is 1.80. The highest BCUT2D eigenvalue weighted by Gasteiger charge is 2.36. The monoisotopic (exact) mass is 378 g/mol. The molecule has 0 aliphatic rings. The van der Waals surface area contributed by atoms with Crippen molar-refractivity contribution in [3.05, 3.63) is 57.7 Å². The highest BCUT2D eigenvalue weighted by atomic mass is 32.1. The van der Waals surface area contributed by atoms with Crippen molar-refractivity contribution in [1.29, 1.82) is 0 Å². The molecule has 3 heterocycles. The second-order valence-electron chi connectivity index (χ2n) is 5.41. The summed E-state index contributed by atoms with van der Waals surface area (Å²) in [5.74, 6) is -1.79. The van der Waals surface area contributed by atoms with Crippen molar-refractivity contribution in [3.63, 3.8) is 0 Å². The second-order valence-corrected chi connectivity index (χ2v) is 7.38. The third-order valence-corrected chi connectivity index (χ3v) is 6.00. The first kappa shape index (κ1) is 16.2. The maximum atomic E-state index is 13.1. The van der Waals surface area contributed by atoms with Gasteiger partial charge in [-0.15, -0.1) is 22.7 Å². The SMILES string of the molecule is Cc1c(C(=O)c2nc(C(F)(F)F)nc3ccsc23)sc2ccccc12. The first-order valence-corrected chi connectivity index (χ1v) is 8.91. The molecule has 0 radical (unpaired) electrons. The Labute approximate surface area is 147 Å². The average molecular weight is 378 g/mol. The Balaban J connectivity index is 1.95. The standard InChI is InChI=1S/C17H9F3N2OS2/c1-8-9-4-2-3-5-11(9)25-14(8)13(23)12-15-10(6-7-24-15)21-16(22-12)17(18,19)20/h2-7H,1H3. The van der Waals surface area contributed by atoms with Gasteiger partial charge in [0.15, 0.2) is 0 Å². The molecular weight excluding hydrogens is 369 g/mol. The molecule has 0 atom stereocenters. The van der Waals surface area contributed by atoms with E-state index in [-0.39, 0.29) is 11.2 Å². The number of nitrogens with zero attached hydrogens (tertiary/aromatic N) is 2. The quantitative estimate of drug-likeness (QED) is 0.435. The Morgan fingerprint density at radius 1 is 1.12 bits per heavy atom. The zero-order chi connectivity index (χ0) is 17.8. The van der Waals surface area contributed by atoms with Crippen LogP contribution >= 0.6 is 22.7 Å². The van der Waals surface area contributed by atoms with Crippen molar-refractivity contribution in [2.75, 3.05) is 0 Å². The molecule has 4 aromatic rings. The highest BCUT2D eigenvalue weighted by Crippen LogP contribution is 2.35. The molecule has 0 amide bonds. The zero-order valence-corrected chi connectivity index (χ0v) is 14.4. The zero-order valence-electron chi connectivity index (χ0n) is 12.7. The minimum Gasteiger partial charge on any atom is -0.286 e. The van der Waals surface area contributed by atoms with Gasteiger partial charge < -0.3 is 0 Å². The van der Waals surface area contributed by atoms with Crippen LogP contribution in [0.1, 0.15) is 26.8 Å². The smallest absolute Gasteiger partial charge is 0.286 e. The summed E-state index contributed by atoms with van der Waals surface area (Å²) in [6, 6.07) is 8.95. The number of rotatable bonds is 2. The Kier molecular flexibility index (Phi) is 3.62. The predicted octanol–water partition coefficient (Wildman–Crippen LogP) is 5.46. The molecule has 126 valence electrons. The van der Waals surface area contributed by atoms with E-state index in [1.54, 1.807) is 12.3 Å². The van der Waals surface area contributed by atoms with Crippen LogP contribution in [-0.2, 0) is 6.18 Å². The molecule has 1 aromatic carbocycles. The normalized spacial score (nSPS) is 12.2. The minimum atomic E-state index is -4.71. The lowest BCUT2D eigenvalue weighted by Crippen LogP contribution is -2.15. The minimum absolute atomic E-state index is 0.134. The van der Waals surface area contributed by atoms with E-state index in [0.717, 1.165) is 27.0 Å². The fraction of sp³-hybridized carbons (Fsp3) is 0.118. The molecule has 25 heavy (non-hydrogen) atoms. The van der Waals surface area contributed by atoms with Crippen molar-refractivity contribution >= 4 is 48.8 Å². The molecule has 0 saturated heterocycles. The lowest BCUT2D eigenvalue weighted by atomic mass is 10.1. The first-order valence-electron chi connectivity index (χ1n) is 7.21. The van der Waals surface area contributed by atoms with Crippen molar-refractivity contribution in [2.24, 2.45) is 0 Å². The van der Waals surface area contributed by atoms with E-state index in [0.29, 0.717) is 9.58 Å². The molecule has 0 aliphatic carbocycles. The maximum absolute atomic E-state index is 13.1. The lowest BCUT2D eigenvalue weighted by Gasteiger charge is -2.07. The van der Waals surface area contributed by atoms with Crippen LogP contribution in [0.15, 0.2) is 35.7 Å². The van der Waals surface area contributed by atoms with E-state index >= 15 is 0 Å². The Bertz CT molecular complexity index is 1130. The molecule has 0 N–H and O–H groups in total. The second kappa shape index (κ2) is 5.60. The fourth-order valence-corrected chi connectivity index (χ4v) is 4.61. The molecule has 3 nitrogen and oxygen atoms in total. The van der Waals surface area contributed by atoms with Gasteiger partial charge in [0.1, 0.15) is 5.69 Å². The molecule has 0 spiro atoms. The summed E-state index contributed by atoms with van der Waals surface area (Å²) in [4.78, 5) is 20.5. The van der Waals surface area contributed by atoms with Crippen LogP contribution in [0.3, 0.4) is 0 Å². The Hall–Kier alpha value is -2.32. The van der Waals surface area contributed by atoms with Crippen LogP contribution in [0.5, 0.6) is 0 Å². The summed E-state index contributed by atoms with van der Waals surface area (Å²) in [5.41, 5.74) is 0.693. The number of aryl methyl sites for hydroxylation is 1. The lowest BCUT2D eigenvalue weighted by molar-refractivity contribution is -0.144. The van der Waals surface area contributed by atoms with E-state index < -0.39 is 17.8 Å². The number of benzene rings is 1. The van der Waals surface area contributed by atoms with Crippen molar-refractivity contribution in [1.82, 2.24) is 9.97 Å². The maximum Gasteiger partial charge on any atom is 0.451 e. The average Bonchev–Trinajstić information content (AvgIpc) is 3.17. The molecule has 4 rings (SSSR count). The van der Waals surface area contributed by atoms with Crippen LogP contribution in [0.2, 0.25) is 0 Å². The van der Waals surface area contributed by atoms with Crippen LogP contribution in [0, 0.1) is 6.92 Å². The van der Waals surface area contributed by atoms with Crippen LogP contribution in [0.4, 0.5) is 13.2 Å². The molecule has 8 heteroatoms. The van der Waals surface area contributed by atoms with Crippen LogP contribution in [0.25, 0.3) is 20.3 Å². The fourth-order valence-electron chi connectivity index (χ4n) is 2.64. The van der Waals surface area contributed by atoms with Gasteiger partial charge in [-0.2, -0.15) is 13.2 Å². The van der Waals surface area contributed by atoms with E-state index in [1.807, 2.05) is 24.3 Å². The summed E-state index contributed by atoms with van der Waals surface area (Å²) >= 11 is 2.43. The molecule has 3 aromatic heterocycles. The number of thiophene rings is 2. The highest BCUT2D eigenvalue weighted by molar-refractivity contribution is 7.21. The Morgan fingerprint density at radius 2 is 1.88 bits per heavy atom. The molecule has 0 saturated carbocycles. The van der Waals surface area contributed by atoms with Gasteiger partial charge in [-0.25, -0.2) is 9.97 Å². The number of hydrogen-bond acceptors (Lipinski definition) is 5. The number of aromatic nitrogens is 2. The van der Waals surface area contributed by atoms with Gasteiger partial charge in [-0.3, -0.25) is 4.79 Å². The number of fused-ring (bicyclic) bond motifs is 2. The van der Waals surface area contributed by atoms with Gasteiger partial charge in [0.2, 0.25) is 11.6 Å². The molecule has 0 fully saturated rings. The summed E-state index contributed by atoms with van der Waals surface area (Å²) in [6.07, 6.45) is -4.71. The topological polar surface area (TPSA) is 42.9 Å². The summed E-state index contributed by atoms with van der Waals surface area (Å²) in [7, 11) is 0. The third kappa shape index (κ3) is 2.61. The number of hydrogen-bond donors (Lipinski definition) is 0. The summed E-state index contributed by atoms with van der Waals surface area (Å²) < 4.78 is 40.5. The van der Waals surface area contributed by atoms with Crippen LogP contribution < -0.4 is 0 Å². The summed E-state index contributed by atoms with van der Waals surface area (Å²) in [5, 5.41) is 2.53. The predicted molar refractivity (Wildman–Crippen MR) is 92.4 cm³/mol. The van der Waals surface area contributed by atoms with Gasteiger partial charge in [0.05, 0.1) is 15.1 Å². The largest absolute Gasteiger partial charge is 0.451 e. The van der Waals surface area contributed by atoms with Gasteiger partial charge in [-0.05, 0) is 35.4 Å². The van der Waals surface area contributed by atoms with E-state index in [2.05, 4.69) is 9.97 Å². The van der Waals surface area contributed by atoms with Gasteiger partial charge in [0, 0.05) is 4.70 Å².